The Balaban J connectivity index is 2.05. The molecule has 0 saturated carbocycles. The number of aryl methyl sites for hydroxylation is 1. The molecule has 0 aliphatic heterocycles. The molecule has 0 aliphatic rings. The smallest absolute Gasteiger partial charge is 0.114 e. The van der Waals surface area contributed by atoms with Crippen molar-refractivity contribution in [3.05, 3.63) is 46.9 Å². The van der Waals surface area contributed by atoms with Crippen molar-refractivity contribution < 1.29 is 4.42 Å². The maximum absolute atomic E-state index is 6.33. The predicted octanol–water partition coefficient (Wildman–Crippen LogP) is 4.89. The fourth-order valence-corrected chi connectivity index (χ4v) is 2.91. The lowest BCUT2D eigenvalue weighted by atomic mass is 10.2. The number of hydrogen-bond acceptors (Lipinski definition) is 3. The van der Waals surface area contributed by atoms with Gasteiger partial charge in [0.15, 0.2) is 0 Å². The quantitative estimate of drug-likeness (QED) is 0.768. The first-order valence-electron chi connectivity index (χ1n) is 6.41. The highest BCUT2D eigenvalue weighted by atomic mass is 35.5. The molecule has 4 heteroatoms. The van der Waals surface area contributed by atoms with Gasteiger partial charge in [0.25, 0.3) is 0 Å². The van der Waals surface area contributed by atoms with E-state index in [4.69, 9.17) is 16.0 Å². The highest BCUT2D eigenvalue weighted by Crippen LogP contribution is 2.35. The van der Waals surface area contributed by atoms with Crippen LogP contribution in [0.4, 0.5) is 0 Å². The van der Waals surface area contributed by atoms with Crippen LogP contribution < -0.4 is 5.32 Å². The van der Waals surface area contributed by atoms with Crippen molar-refractivity contribution in [1.29, 1.82) is 0 Å². The average molecular weight is 296 g/mol. The summed E-state index contributed by atoms with van der Waals surface area (Å²) < 4.78 is 5.29. The number of furan rings is 1. The van der Waals surface area contributed by atoms with Gasteiger partial charge in [-0.1, -0.05) is 36.4 Å². The topological polar surface area (TPSA) is 25.2 Å². The van der Waals surface area contributed by atoms with Crippen LogP contribution in [0.1, 0.15) is 24.7 Å². The molecule has 2 nitrogen and oxygen atoms in total. The SMILES string of the molecule is CCCNCc1ccc(Sc2ccoc2C)c(Cl)c1. The van der Waals surface area contributed by atoms with Gasteiger partial charge >= 0.3 is 0 Å². The van der Waals surface area contributed by atoms with Crippen LogP contribution in [0.25, 0.3) is 0 Å². The zero-order valence-electron chi connectivity index (χ0n) is 11.2. The summed E-state index contributed by atoms with van der Waals surface area (Å²) in [6.45, 7) is 6.01. The Morgan fingerprint density at radius 1 is 1.26 bits per heavy atom. The van der Waals surface area contributed by atoms with Gasteiger partial charge in [-0.05, 0) is 43.7 Å². The molecule has 0 bridgehead atoms. The lowest BCUT2D eigenvalue weighted by Gasteiger charge is -2.07. The zero-order valence-corrected chi connectivity index (χ0v) is 12.8. The van der Waals surface area contributed by atoms with Crippen LogP contribution in [0.2, 0.25) is 5.02 Å². The fourth-order valence-electron chi connectivity index (χ4n) is 1.74. The number of halogens is 1. The molecule has 1 aromatic carbocycles. The van der Waals surface area contributed by atoms with Gasteiger partial charge in [0.1, 0.15) is 5.76 Å². The summed E-state index contributed by atoms with van der Waals surface area (Å²) in [5.74, 6) is 0.926. The second-order valence-corrected chi connectivity index (χ2v) is 5.88. The van der Waals surface area contributed by atoms with Crippen molar-refractivity contribution >= 4 is 23.4 Å². The van der Waals surface area contributed by atoms with E-state index < -0.39 is 0 Å². The second-order valence-electron chi connectivity index (χ2n) is 4.38. The van der Waals surface area contributed by atoms with Crippen LogP contribution in [0.15, 0.2) is 44.7 Å². The summed E-state index contributed by atoms with van der Waals surface area (Å²) in [5, 5.41) is 4.17. The van der Waals surface area contributed by atoms with Crippen LogP contribution in [0, 0.1) is 6.92 Å². The largest absolute Gasteiger partial charge is 0.468 e. The Bertz CT molecular complexity index is 539. The van der Waals surface area contributed by atoms with Crippen molar-refractivity contribution in [2.45, 2.75) is 36.6 Å². The molecule has 0 aliphatic carbocycles. The van der Waals surface area contributed by atoms with Crippen LogP contribution >= 0.6 is 23.4 Å². The first-order chi connectivity index (χ1) is 9.20. The van der Waals surface area contributed by atoms with Crippen molar-refractivity contribution in [2.75, 3.05) is 6.54 Å². The van der Waals surface area contributed by atoms with Crippen molar-refractivity contribution in [3.8, 4) is 0 Å². The van der Waals surface area contributed by atoms with Gasteiger partial charge < -0.3 is 9.73 Å². The standard InChI is InChI=1S/C15H18ClNOS/c1-3-7-17-10-12-4-5-15(13(16)9-12)19-14-6-8-18-11(14)2/h4-6,8-9,17H,3,7,10H2,1-2H3. The first kappa shape index (κ1) is 14.5. The van der Waals surface area contributed by atoms with Gasteiger partial charge in [0.2, 0.25) is 0 Å². The zero-order chi connectivity index (χ0) is 13.7. The predicted molar refractivity (Wildman–Crippen MR) is 81.0 cm³/mol. The molecular weight excluding hydrogens is 278 g/mol. The molecule has 1 N–H and O–H groups in total. The molecule has 0 atom stereocenters. The number of rotatable bonds is 6. The van der Waals surface area contributed by atoms with Gasteiger partial charge in [-0.2, -0.15) is 0 Å². The Labute approximate surface area is 123 Å². The third kappa shape index (κ3) is 4.03. The number of hydrogen-bond donors (Lipinski definition) is 1. The molecule has 0 saturated heterocycles. The normalized spacial score (nSPS) is 10.9. The van der Waals surface area contributed by atoms with E-state index in [1.54, 1.807) is 18.0 Å². The summed E-state index contributed by atoms with van der Waals surface area (Å²) in [6, 6.07) is 8.18. The van der Waals surface area contributed by atoms with E-state index in [-0.39, 0.29) is 0 Å². The van der Waals surface area contributed by atoms with E-state index in [2.05, 4.69) is 24.4 Å². The molecule has 1 aromatic heterocycles. The molecule has 0 radical (unpaired) electrons. The molecular formula is C15H18ClNOS. The molecule has 2 rings (SSSR count). The second kappa shape index (κ2) is 7.04. The number of benzene rings is 1. The minimum atomic E-state index is 0.793. The molecule has 0 spiro atoms. The summed E-state index contributed by atoms with van der Waals surface area (Å²) in [7, 11) is 0. The van der Waals surface area contributed by atoms with Gasteiger partial charge in [-0.3, -0.25) is 0 Å². The average Bonchev–Trinajstić information content (AvgIpc) is 2.79. The summed E-state index contributed by atoms with van der Waals surface area (Å²) >= 11 is 7.97. The third-order valence-electron chi connectivity index (χ3n) is 2.78. The highest BCUT2D eigenvalue weighted by molar-refractivity contribution is 7.99. The van der Waals surface area contributed by atoms with E-state index in [0.29, 0.717) is 0 Å². The third-order valence-corrected chi connectivity index (χ3v) is 4.43. The van der Waals surface area contributed by atoms with E-state index in [9.17, 15) is 0 Å². The molecule has 1 heterocycles. The lowest BCUT2D eigenvalue weighted by molar-refractivity contribution is 0.527. The van der Waals surface area contributed by atoms with Gasteiger partial charge in [-0.15, -0.1) is 0 Å². The molecule has 0 unspecified atom stereocenters. The molecule has 0 amide bonds. The van der Waals surface area contributed by atoms with E-state index in [0.717, 1.165) is 40.1 Å². The fraction of sp³-hybridized carbons (Fsp3) is 0.333. The van der Waals surface area contributed by atoms with Crippen LogP contribution in [-0.2, 0) is 6.54 Å². The van der Waals surface area contributed by atoms with Crippen molar-refractivity contribution in [3.63, 3.8) is 0 Å². The van der Waals surface area contributed by atoms with Crippen molar-refractivity contribution in [2.24, 2.45) is 0 Å². The Morgan fingerprint density at radius 3 is 2.74 bits per heavy atom. The van der Waals surface area contributed by atoms with E-state index in [1.807, 2.05) is 19.1 Å². The van der Waals surface area contributed by atoms with E-state index in [1.165, 1.54) is 5.56 Å². The van der Waals surface area contributed by atoms with Crippen LogP contribution in [-0.4, -0.2) is 6.54 Å². The van der Waals surface area contributed by atoms with Gasteiger partial charge in [0.05, 0.1) is 16.2 Å². The molecule has 19 heavy (non-hydrogen) atoms. The molecule has 2 aromatic rings. The Kier molecular flexibility index (Phi) is 5.37. The Morgan fingerprint density at radius 2 is 2.11 bits per heavy atom. The lowest BCUT2D eigenvalue weighted by Crippen LogP contribution is -2.13. The monoisotopic (exact) mass is 295 g/mol. The minimum Gasteiger partial charge on any atom is -0.468 e. The molecule has 0 fully saturated rings. The first-order valence-corrected chi connectivity index (χ1v) is 7.61. The summed E-state index contributed by atoms with van der Waals surface area (Å²) in [6.07, 6.45) is 2.84. The van der Waals surface area contributed by atoms with Gasteiger partial charge in [-0.25, -0.2) is 0 Å². The minimum absolute atomic E-state index is 0.793. The van der Waals surface area contributed by atoms with E-state index >= 15 is 0 Å². The maximum atomic E-state index is 6.33. The molecule has 102 valence electrons. The number of nitrogens with one attached hydrogen (secondary N) is 1. The van der Waals surface area contributed by atoms with Crippen LogP contribution in [0.3, 0.4) is 0 Å². The highest BCUT2D eigenvalue weighted by Gasteiger charge is 2.07. The van der Waals surface area contributed by atoms with Gasteiger partial charge in [0, 0.05) is 11.4 Å². The van der Waals surface area contributed by atoms with Crippen molar-refractivity contribution in [1.82, 2.24) is 5.32 Å². The maximum Gasteiger partial charge on any atom is 0.114 e. The summed E-state index contributed by atoms with van der Waals surface area (Å²) in [5.41, 5.74) is 1.21. The Hall–Kier alpha value is -0.900. The summed E-state index contributed by atoms with van der Waals surface area (Å²) in [4.78, 5) is 2.17. The van der Waals surface area contributed by atoms with Crippen LogP contribution in [0.5, 0.6) is 0 Å².